The van der Waals surface area contributed by atoms with Crippen molar-refractivity contribution in [3.8, 4) is 0 Å². The summed E-state index contributed by atoms with van der Waals surface area (Å²) in [4.78, 5) is 3.27. The van der Waals surface area contributed by atoms with Crippen molar-refractivity contribution in [2.45, 2.75) is 38.9 Å². The first kappa shape index (κ1) is 15.3. The zero-order chi connectivity index (χ0) is 16.0. The van der Waals surface area contributed by atoms with Crippen LogP contribution in [0.25, 0.3) is 17.0 Å². The molecule has 1 fully saturated rings. The van der Waals surface area contributed by atoms with E-state index in [0.29, 0.717) is 6.54 Å². The van der Waals surface area contributed by atoms with Crippen LogP contribution < -0.4 is 5.73 Å². The molecule has 22 heavy (non-hydrogen) atoms. The zero-order valence-corrected chi connectivity index (χ0v) is 13.6. The number of H-pyrrole nitrogens is 1. The molecule has 2 aromatic rings. The number of fused-ring (bicyclic) bond motifs is 1. The van der Waals surface area contributed by atoms with Crippen LogP contribution in [0.2, 0.25) is 0 Å². The van der Waals surface area contributed by atoms with Gasteiger partial charge in [-0.15, -0.1) is 0 Å². The maximum atomic E-state index is 6.10. The van der Waals surface area contributed by atoms with Crippen LogP contribution in [0.3, 0.4) is 0 Å². The number of benzene rings is 1. The molecule has 0 atom stereocenters. The van der Waals surface area contributed by atoms with E-state index in [9.17, 15) is 0 Å². The molecular weight excluding hydrogens is 275 g/mol. The fourth-order valence-electron chi connectivity index (χ4n) is 2.65. The molecule has 0 saturated carbocycles. The van der Waals surface area contributed by atoms with Crippen LogP contribution in [0.4, 0.5) is 0 Å². The molecule has 4 nitrogen and oxygen atoms in total. The minimum Gasteiger partial charge on any atom is -0.400 e. The Bertz CT molecular complexity index is 702. The average molecular weight is 298 g/mol. The minimum absolute atomic E-state index is 0.357. The van der Waals surface area contributed by atoms with Crippen molar-refractivity contribution in [3.63, 3.8) is 0 Å². The lowest BCUT2D eigenvalue weighted by atomic mass is 9.77. The predicted octanol–water partition coefficient (Wildman–Crippen LogP) is 3.14. The van der Waals surface area contributed by atoms with E-state index in [1.165, 1.54) is 5.39 Å². The molecule has 1 saturated heterocycles. The van der Waals surface area contributed by atoms with E-state index in [4.69, 9.17) is 15.0 Å². The molecule has 2 heterocycles. The number of nitrogens with two attached hydrogens (primary N) is 1. The van der Waals surface area contributed by atoms with Crippen LogP contribution in [-0.4, -0.2) is 29.8 Å². The van der Waals surface area contributed by atoms with Gasteiger partial charge in [0.2, 0.25) is 0 Å². The van der Waals surface area contributed by atoms with Crippen LogP contribution in [0.1, 0.15) is 33.3 Å². The molecule has 3 rings (SSSR count). The van der Waals surface area contributed by atoms with E-state index >= 15 is 0 Å². The number of para-hydroxylation sites is 1. The second-order valence-corrected chi connectivity index (χ2v) is 6.80. The quantitative estimate of drug-likeness (QED) is 0.856. The highest BCUT2D eigenvalue weighted by Gasteiger charge is 2.52. The van der Waals surface area contributed by atoms with Gasteiger partial charge in [0.1, 0.15) is 0 Å². The number of hydrogen-bond donors (Lipinski definition) is 2. The normalized spacial score (nSPS) is 20.8. The SMILES string of the molecule is CC1(C)OB(C(=Cc2cccc3cc[nH]c23)CN)OC1(C)C. The van der Waals surface area contributed by atoms with Crippen molar-refractivity contribution in [2.24, 2.45) is 5.73 Å². The second-order valence-electron chi connectivity index (χ2n) is 6.80. The topological polar surface area (TPSA) is 60.3 Å². The smallest absolute Gasteiger partial charge is 0.400 e. The van der Waals surface area contributed by atoms with Crippen molar-refractivity contribution < 1.29 is 9.31 Å². The summed E-state index contributed by atoms with van der Waals surface area (Å²) in [6.07, 6.45) is 4.01. The number of hydrogen-bond acceptors (Lipinski definition) is 3. The molecule has 1 aromatic heterocycles. The maximum Gasteiger partial charge on any atom is 0.491 e. The molecule has 0 radical (unpaired) electrons. The third-order valence-electron chi connectivity index (χ3n) is 4.75. The number of aromatic amines is 1. The van der Waals surface area contributed by atoms with Crippen LogP contribution in [0.15, 0.2) is 35.9 Å². The van der Waals surface area contributed by atoms with Gasteiger partial charge in [0, 0.05) is 12.7 Å². The second kappa shape index (κ2) is 5.27. The van der Waals surface area contributed by atoms with Gasteiger partial charge >= 0.3 is 7.12 Å². The summed E-state index contributed by atoms with van der Waals surface area (Å²) in [5.74, 6) is 0. The molecule has 3 N–H and O–H groups in total. The van der Waals surface area contributed by atoms with Crippen molar-refractivity contribution in [1.82, 2.24) is 4.98 Å². The molecule has 0 aliphatic carbocycles. The van der Waals surface area contributed by atoms with E-state index in [0.717, 1.165) is 16.6 Å². The summed E-state index contributed by atoms with van der Waals surface area (Å²) >= 11 is 0. The van der Waals surface area contributed by atoms with E-state index in [2.05, 4.69) is 29.3 Å². The largest absolute Gasteiger partial charge is 0.491 e. The Labute approximate surface area is 131 Å². The Morgan fingerprint density at radius 3 is 2.50 bits per heavy atom. The molecule has 5 heteroatoms. The third-order valence-corrected chi connectivity index (χ3v) is 4.75. The summed E-state index contributed by atoms with van der Waals surface area (Å²) < 4.78 is 12.2. The third kappa shape index (κ3) is 2.49. The zero-order valence-electron chi connectivity index (χ0n) is 13.6. The lowest BCUT2D eigenvalue weighted by Gasteiger charge is -2.32. The van der Waals surface area contributed by atoms with E-state index in [1.54, 1.807) is 0 Å². The summed E-state index contributed by atoms with van der Waals surface area (Å²) in [5.41, 5.74) is 8.39. The standard InChI is InChI=1S/C17H23BN2O2/c1-16(2)17(3,4)22-18(21-16)14(11-19)10-13-7-5-6-12-8-9-20-15(12)13/h5-10,20H,11,19H2,1-4H3. The molecular formula is C17H23BN2O2. The van der Waals surface area contributed by atoms with Crippen molar-refractivity contribution in [3.05, 3.63) is 41.5 Å². The van der Waals surface area contributed by atoms with Crippen LogP contribution in [0, 0.1) is 0 Å². The fourth-order valence-corrected chi connectivity index (χ4v) is 2.65. The molecule has 1 aromatic carbocycles. The van der Waals surface area contributed by atoms with Crippen molar-refractivity contribution in [1.29, 1.82) is 0 Å². The maximum absolute atomic E-state index is 6.10. The fraction of sp³-hybridized carbons (Fsp3) is 0.412. The Morgan fingerprint density at radius 2 is 1.86 bits per heavy atom. The monoisotopic (exact) mass is 298 g/mol. The van der Waals surface area contributed by atoms with Gasteiger partial charge in [-0.25, -0.2) is 0 Å². The molecule has 0 amide bonds. The predicted molar refractivity (Wildman–Crippen MR) is 91.4 cm³/mol. The van der Waals surface area contributed by atoms with Gasteiger partial charge in [-0.3, -0.25) is 0 Å². The Balaban J connectivity index is 1.97. The summed E-state index contributed by atoms with van der Waals surface area (Å²) in [5, 5.41) is 1.18. The van der Waals surface area contributed by atoms with Crippen molar-refractivity contribution >= 4 is 24.1 Å². The molecule has 116 valence electrons. The Kier molecular flexibility index (Phi) is 3.67. The minimum atomic E-state index is -0.403. The number of rotatable bonds is 3. The molecule has 1 aliphatic heterocycles. The van der Waals surface area contributed by atoms with Crippen LogP contribution in [0.5, 0.6) is 0 Å². The van der Waals surface area contributed by atoms with E-state index in [-0.39, 0.29) is 11.2 Å². The Hall–Kier alpha value is -1.56. The van der Waals surface area contributed by atoms with Crippen molar-refractivity contribution in [2.75, 3.05) is 6.54 Å². The lowest BCUT2D eigenvalue weighted by molar-refractivity contribution is 0.00578. The molecule has 0 unspecified atom stereocenters. The van der Waals surface area contributed by atoms with Gasteiger partial charge in [0.05, 0.1) is 16.7 Å². The highest BCUT2D eigenvalue weighted by atomic mass is 16.7. The van der Waals surface area contributed by atoms with Gasteiger partial charge in [-0.1, -0.05) is 24.3 Å². The number of aromatic nitrogens is 1. The molecule has 0 bridgehead atoms. The molecule has 0 spiro atoms. The van der Waals surface area contributed by atoms with E-state index in [1.807, 2.05) is 40.0 Å². The van der Waals surface area contributed by atoms with Crippen LogP contribution in [-0.2, 0) is 9.31 Å². The average Bonchev–Trinajstić information content (AvgIpc) is 2.99. The summed E-state index contributed by atoms with van der Waals surface area (Å²) in [6, 6.07) is 8.25. The van der Waals surface area contributed by atoms with Crippen LogP contribution >= 0.6 is 0 Å². The van der Waals surface area contributed by atoms with Gasteiger partial charge in [-0.2, -0.15) is 0 Å². The first-order valence-electron chi connectivity index (χ1n) is 7.66. The highest BCUT2D eigenvalue weighted by molar-refractivity contribution is 6.56. The lowest BCUT2D eigenvalue weighted by Crippen LogP contribution is -2.41. The van der Waals surface area contributed by atoms with Gasteiger partial charge < -0.3 is 20.0 Å². The van der Waals surface area contributed by atoms with Gasteiger partial charge in [0.25, 0.3) is 0 Å². The Morgan fingerprint density at radius 1 is 1.18 bits per heavy atom. The van der Waals surface area contributed by atoms with Gasteiger partial charge in [0.15, 0.2) is 0 Å². The molecule has 1 aliphatic rings. The summed E-state index contributed by atoms with van der Waals surface area (Å²) in [7, 11) is -0.403. The number of nitrogens with one attached hydrogen (secondary N) is 1. The highest BCUT2D eigenvalue weighted by Crippen LogP contribution is 2.38. The van der Waals surface area contributed by atoms with E-state index < -0.39 is 7.12 Å². The summed E-state index contributed by atoms with van der Waals surface area (Å²) in [6.45, 7) is 8.59. The first-order chi connectivity index (χ1) is 10.3. The first-order valence-corrected chi connectivity index (χ1v) is 7.66. The van der Waals surface area contributed by atoms with Gasteiger partial charge in [-0.05, 0) is 50.2 Å².